The summed E-state index contributed by atoms with van der Waals surface area (Å²) in [6.45, 7) is 1.37. The van der Waals surface area contributed by atoms with E-state index >= 15 is 0 Å². The molecule has 4 heteroatoms. The van der Waals surface area contributed by atoms with Crippen molar-refractivity contribution in [1.29, 1.82) is 0 Å². The van der Waals surface area contributed by atoms with Crippen molar-refractivity contribution in [1.82, 2.24) is 4.98 Å². The smallest absolute Gasteiger partial charge is 0.184 e. The van der Waals surface area contributed by atoms with Crippen LogP contribution in [0.15, 0.2) is 48.5 Å². The monoisotopic (exact) mass is 269 g/mol. The third kappa shape index (κ3) is 2.75. The lowest BCUT2D eigenvalue weighted by Crippen LogP contribution is -2.00. The summed E-state index contributed by atoms with van der Waals surface area (Å²) in [6, 6.07) is 16.5. The molecule has 0 aliphatic carbocycles. The molecule has 0 radical (unpaired) electrons. The molecule has 2 aromatic carbocycles. The Hall–Kier alpha value is -1.91. The first-order valence-corrected chi connectivity index (χ1v) is 7.04. The van der Waals surface area contributed by atoms with Crippen molar-refractivity contribution >= 4 is 26.7 Å². The first kappa shape index (κ1) is 12.1. The zero-order valence-corrected chi connectivity index (χ0v) is 11.3. The second-order valence-corrected chi connectivity index (χ2v) is 5.39. The minimum Gasteiger partial charge on any atom is -0.357 e. The van der Waals surface area contributed by atoms with Gasteiger partial charge in [-0.25, -0.2) is 4.98 Å². The van der Waals surface area contributed by atoms with Gasteiger partial charge in [0, 0.05) is 13.1 Å². The average Bonchev–Trinajstić information content (AvgIpc) is 2.88. The van der Waals surface area contributed by atoms with Crippen LogP contribution in [0.1, 0.15) is 11.1 Å². The Morgan fingerprint density at radius 3 is 2.47 bits per heavy atom. The minimum atomic E-state index is 0.589. The van der Waals surface area contributed by atoms with Gasteiger partial charge in [-0.05, 0) is 23.3 Å². The number of aromatic nitrogens is 1. The number of anilines is 1. The Bertz CT molecular complexity index is 640. The van der Waals surface area contributed by atoms with Crippen molar-refractivity contribution in [2.45, 2.75) is 13.1 Å². The number of fused-ring (bicyclic) bond motifs is 1. The van der Waals surface area contributed by atoms with Crippen molar-refractivity contribution < 1.29 is 0 Å². The molecule has 0 amide bonds. The summed E-state index contributed by atoms with van der Waals surface area (Å²) in [5.41, 5.74) is 9.02. The molecule has 0 aliphatic rings. The number of benzene rings is 2. The zero-order valence-electron chi connectivity index (χ0n) is 10.5. The molecule has 3 aromatic rings. The summed E-state index contributed by atoms with van der Waals surface area (Å²) in [7, 11) is 0. The van der Waals surface area contributed by atoms with Gasteiger partial charge in [-0.2, -0.15) is 0 Å². The van der Waals surface area contributed by atoms with Crippen molar-refractivity contribution in [2.24, 2.45) is 5.73 Å². The van der Waals surface area contributed by atoms with Gasteiger partial charge in [0.25, 0.3) is 0 Å². The highest BCUT2D eigenvalue weighted by Gasteiger charge is 2.02. The van der Waals surface area contributed by atoms with Crippen LogP contribution in [-0.2, 0) is 13.1 Å². The zero-order chi connectivity index (χ0) is 13.1. The number of thiazole rings is 1. The molecule has 1 heterocycles. The Kier molecular flexibility index (Phi) is 3.44. The van der Waals surface area contributed by atoms with Crippen LogP contribution in [0, 0.1) is 0 Å². The SMILES string of the molecule is NCc1ccc(CNc2nc3ccccc3s2)cc1. The fraction of sp³-hybridized carbons (Fsp3) is 0.133. The normalized spacial score (nSPS) is 10.8. The lowest BCUT2D eigenvalue weighted by molar-refractivity contribution is 1.06. The number of hydrogen-bond acceptors (Lipinski definition) is 4. The van der Waals surface area contributed by atoms with Crippen molar-refractivity contribution in [3.8, 4) is 0 Å². The maximum absolute atomic E-state index is 5.58. The number of nitrogens with two attached hydrogens (primary N) is 1. The maximum atomic E-state index is 5.58. The van der Waals surface area contributed by atoms with Crippen LogP contribution in [-0.4, -0.2) is 4.98 Å². The van der Waals surface area contributed by atoms with Crippen LogP contribution in [0.4, 0.5) is 5.13 Å². The number of para-hydroxylation sites is 1. The van der Waals surface area contributed by atoms with Crippen LogP contribution in [0.5, 0.6) is 0 Å². The molecule has 0 saturated carbocycles. The van der Waals surface area contributed by atoms with E-state index in [-0.39, 0.29) is 0 Å². The first-order valence-electron chi connectivity index (χ1n) is 6.22. The van der Waals surface area contributed by atoms with E-state index in [9.17, 15) is 0 Å². The lowest BCUT2D eigenvalue weighted by atomic mass is 10.1. The van der Waals surface area contributed by atoms with Crippen molar-refractivity contribution in [2.75, 3.05) is 5.32 Å². The lowest BCUT2D eigenvalue weighted by Gasteiger charge is -2.03. The molecular formula is C15H15N3S. The molecule has 3 nitrogen and oxygen atoms in total. The third-order valence-electron chi connectivity index (χ3n) is 3.00. The molecule has 0 atom stereocenters. The van der Waals surface area contributed by atoms with Gasteiger partial charge in [-0.3, -0.25) is 0 Å². The largest absolute Gasteiger partial charge is 0.357 e. The van der Waals surface area contributed by atoms with Crippen LogP contribution >= 0.6 is 11.3 Å². The average molecular weight is 269 g/mol. The van der Waals surface area contributed by atoms with Crippen LogP contribution < -0.4 is 11.1 Å². The molecular weight excluding hydrogens is 254 g/mol. The van der Waals surface area contributed by atoms with Crippen molar-refractivity contribution in [3.05, 3.63) is 59.7 Å². The number of hydrogen-bond donors (Lipinski definition) is 2. The summed E-state index contributed by atoms with van der Waals surface area (Å²) >= 11 is 1.68. The van der Waals surface area contributed by atoms with Gasteiger partial charge in [0.2, 0.25) is 0 Å². The molecule has 0 saturated heterocycles. The number of nitrogens with zero attached hydrogens (tertiary/aromatic N) is 1. The summed E-state index contributed by atoms with van der Waals surface area (Å²) in [4.78, 5) is 4.55. The summed E-state index contributed by atoms with van der Waals surface area (Å²) < 4.78 is 1.21. The van der Waals surface area contributed by atoms with E-state index in [2.05, 4.69) is 40.6 Å². The molecule has 1 aromatic heterocycles. The van der Waals surface area contributed by atoms with E-state index in [1.54, 1.807) is 11.3 Å². The highest BCUT2D eigenvalue weighted by atomic mass is 32.1. The molecule has 3 rings (SSSR count). The predicted molar refractivity (Wildman–Crippen MR) is 81.3 cm³/mol. The summed E-state index contributed by atoms with van der Waals surface area (Å²) in [6.07, 6.45) is 0. The van der Waals surface area contributed by atoms with Gasteiger partial charge in [0.1, 0.15) is 0 Å². The van der Waals surface area contributed by atoms with E-state index in [0.717, 1.165) is 22.8 Å². The Morgan fingerprint density at radius 2 is 1.74 bits per heavy atom. The minimum absolute atomic E-state index is 0.589. The molecule has 0 spiro atoms. The molecule has 3 N–H and O–H groups in total. The first-order chi connectivity index (χ1) is 9.35. The molecule has 0 bridgehead atoms. The molecule has 0 unspecified atom stereocenters. The second kappa shape index (κ2) is 5.38. The quantitative estimate of drug-likeness (QED) is 0.763. The van der Waals surface area contributed by atoms with Gasteiger partial charge >= 0.3 is 0 Å². The maximum Gasteiger partial charge on any atom is 0.184 e. The van der Waals surface area contributed by atoms with Gasteiger partial charge in [-0.15, -0.1) is 0 Å². The summed E-state index contributed by atoms with van der Waals surface area (Å²) in [5.74, 6) is 0. The Labute approximate surface area is 116 Å². The fourth-order valence-electron chi connectivity index (χ4n) is 1.92. The Morgan fingerprint density at radius 1 is 1.00 bits per heavy atom. The number of nitrogens with one attached hydrogen (secondary N) is 1. The molecule has 96 valence electrons. The van der Waals surface area contributed by atoms with E-state index < -0.39 is 0 Å². The van der Waals surface area contributed by atoms with Crippen LogP contribution in [0.3, 0.4) is 0 Å². The fourth-order valence-corrected chi connectivity index (χ4v) is 2.78. The van der Waals surface area contributed by atoms with Crippen LogP contribution in [0.25, 0.3) is 10.2 Å². The van der Waals surface area contributed by atoms with E-state index in [1.165, 1.54) is 10.3 Å². The van der Waals surface area contributed by atoms with Gasteiger partial charge in [-0.1, -0.05) is 47.7 Å². The second-order valence-electron chi connectivity index (χ2n) is 4.36. The van der Waals surface area contributed by atoms with Gasteiger partial charge in [0.15, 0.2) is 5.13 Å². The molecule has 0 fully saturated rings. The topological polar surface area (TPSA) is 50.9 Å². The van der Waals surface area contributed by atoms with E-state index in [0.29, 0.717) is 6.54 Å². The predicted octanol–water partition coefficient (Wildman–Crippen LogP) is 3.37. The third-order valence-corrected chi connectivity index (χ3v) is 3.99. The van der Waals surface area contributed by atoms with E-state index in [4.69, 9.17) is 5.73 Å². The Balaban J connectivity index is 1.70. The highest BCUT2D eigenvalue weighted by molar-refractivity contribution is 7.22. The highest BCUT2D eigenvalue weighted by Crippen LogP contribution is 2.25. The van der Waals surface area contributed by atoms with E-state index in [1.807, 2.05) is 18.2 Å². The van der Waals surface area contributed by atoms with Gasteiger partial charge < -0.3 is 11.1 Å². The number of rotatable bonds is 4. The molecule has 19 heavy (non-hydrogen) atoms. The van der Waals surface area contributed by atoms with Crippen LogP contribution in [0.2, 0.25) is 0 Å². The standard InChI is InChI=1S/C15H15N3S/c16-9-11-5-7-12(8-6-11)10-17-15-18-13-3-1-2-4-14(13)19-15/h1-8H,9-10,16H2,(H,17,18). The molecule has 0 aliphatic heterocycles. The van der Waals surface area contributed by atoms with Gasteiger partial charge in [0.05, 0.1) is 10.2 Å². The van der Waals surface area contributed by atoms with Crippen molar-refractivity contribution in [3.63, 3.8) is 0 Å². The summed E-state index contributed by atoms with van der Waals surface area (Å²) in [5, 5.41) is 4.33.